The van der Waals surface area contributed by atoms with Crippen molar-refractivity contribution in [2.45, 2.75) is 6.54 Å². The Kier molecular flexibility index (Phi) is 3.24. The summed E-state index contributed by atoms with van der Waals surface area (Å²) < 4.78 is 10.5. The Morgan fingerprint density at radius 2 is 2.24 bits per heavy atom. The van der Waals surface area contributed by atoms with Gasteiger partial charge in [-0.15, -0.1) is 5.10 Å². The molecule has 0 amide bonds. The van der Waals surface area contributed by atoms with Crippen LogP contribution in [0.4, 0.5) is 11.7 Å². The van der Waals surface area contributed by atoms with E-state index in [-0.39, 0.29) is 6.54 Å². The van der Waals surface area contributed by atoms with Crippen LogP contribution >= 0.6 is 0 Å². The number of rotatable bonds is 4. The van der Waals surface area contributed by atoms with E-state index in [2.05, 4.69) is 10.2 Å². The second-order valence-electron chi connectivity index (χ2n) is 3.44. The van der Waals surface area contributed by atoms with Crippen molar-refractivity contribution in [2.75, 3.05) is 19.1 Å². The van der Waals surface area contributed by atoms with E-state index < -0.39 is 0 Å². The number of benzene rings is 1. The normalized spacial score (nSPS) is 10.3. The Morgan fingerprint density at radius 3 is 2.88 bits per heavy atom. The SMILES string of the molecule is COc1cccc(N(C)c2nnc(CN)o2)c1. The van der Waals surface area contributed by atoms with Crippen molar-refractivity contribution in [1.29, 1.82) is 0 Å². The van der Waals surface area contributed by atoms with Gasteiger partial charge in [0.1, 0.15) is 5.75 Å². The van der Waals surface area contributed by atoms with Crippen LogP contribution in [0.1, 0.15) is 5.89 Å². The molecule has 1 heterocycles. The molecule has 0 aliphatic rings. The van der Waals surface area contributed by atoms with Gasteiger partial charge in [0, 0.05) is 18.8 Å². The first-order chi connectivity index (χ1) is 8.24. The molecule has 6 heteroatoms. The van der Waals surface area contributed by atoms with E-state index in [1.54, 1.807) is 12.0 Å². The van der Waals surface area contributed by atoms with Gasteiger partial charge in [-0.1, -0.05) is 11.2 Å². The number of methoxy groups -OCH3 is 1. The van der Waals surface area contributed by atoms with E-state index in [0.29, 0.717) is 11.9 Å². The highest BCUT2D eigenvalue weighted by atomic mass is 16.5. The van der Waals surface area contributed by atoms with Crippen LogP contribution < -0.4 is 15.4 Å². The lowest BCUT2D eigenvalue weighted by Gasteiger charge is -2.14. The van der Waals surface area contributed by atoms with Gasteiger partial charge < -0.3 is 14.9 Å². The molecule has 2 aromatic rings. The molecule has 2 N–H and O–H groups in total. The number of ether oxygens (including phenoxy) is 1. The summed E-state index contributed by atoms with van der Waals surface area (Å²) in [5, 5.41) is 7.72. The first-order valence-corrected chi connectivity index (χ1v) is 5.15. The summed E-state index contributed by atoms with van der Waals surface area (Å²) in [6.45, 7) is 0.235. The molecule has 1 aromatic carbocycles. The average molecular weight is 234 g/mol. The van der Waals surface area contributed by atoms with Crippen molar-refractivity contribution >= 4 is 11.7 Å². The summed E-state index contributed by atoms with van der Waals surface area (Å²) >= 11 is 0. The Morgan fingerprint density at radius 1 is 1.41 bits per heavy atom. The molecule has 0 aliphatic heterocycles. The van der Waals surface area contributed by atoms with Gasteiger partial charge in [-0.3, -0.25) is 4.90 Å². The van der Waals surface area contributed by atoms with E-state index >= 15 is 0 Å². The first kappa shape index (κ1) is 11.4. The van der Waals surface area contributed by atoms with Crippen molar-refractivity contribution in [3.8, 4) is 5.75 Å². The maximum absolute atomic E-state index is 5.41. The van der Waals surface area contributed by atoms with Gasteiger partial charge in [-0.05, 0) is 12.1 Å². The molecule has 0 atom stereocenters. The predicted molar refractivity (Wildman–Crippen MR) is 63.2 cm³/mol. The number of aromatic nitrogens is 2. The second kappa shape index (κ2) is 4.84. The second-order valence-corrected chi connectivity index (χ2v) is 3.44. The molecule has 0 fully saturated rings. The predicted octanol–water partition coefficient (Wildman–Crippen LogP) is 1.30. The quantitative estimate of drug-likeness (QED) is 0.859. The molecular formula is C11H14N4O2. The minimum Gasteiger partial charge on any atom is -0.497 e. The molecular weight excluding hydrogens is 220 g/mol. The highest BCUT2D eigenvalue weighted by molar-refractivity contribution is 5.57. The molecule has 1 aromatic heterocycles. The number of anilines is 2. The Hall–Kier alpha value is -2.08. The van der Waals surface area contributed by atoms with Crippen LogP contribution in [-0.4, -0.2) is 24.4 Å². The fraction of sp³-hybridized carbons (Fsp3) is 0.273. The zero-order chi connectivity index (χ0) is 12.3. The minimum absolute atomic E-state index is 0.235. The van der Waals surface area contributed by atoms with E-state index in [0.717, 1.165) is 11.4 Å². The molecule has 2 rings (SSSR count). The fourth-order valence-corrected chi connectivity index (χ4v) is 1.39. The molecule has 0 bridgehead atoms. The summed E-state index contributed by atoms with van der Waals surface area (Å²) in [5.74, 6) is 1.18. The monoisotopic (exact) mass is 234 g/mol. The summed E-state index contributed by atoms with van der Waals surface area (Å²) in [6.07, 6.45) is 0. The van der Waals surface area contributed by atoms with Crippen LogP contribution in [0, 0.1) is 0 Å². The van der Waals surface area contributed by atoms with Crippen molar-refractivity contribution in [3.63, 3.8) is 0 Å². The third-order valence-corrected chi connectivity index (χ3v) is 2.36. The molecule has 90 valence electrons. The summed E-state index contributed by atoms with van der Waals surface area (Å²) in [5.41, 5.74) is 6.31. The fourth-order valence-electron chi connectivity index (χ4n) is 1.39. The van der Waals surface area contributed by atoms with Gasteiger partial charge in [0.05, 0.1) is 13.7 Å². The molecule has 0 unspecified atom stereocenters. The van der Waals surface area contributed by atoms with Gasteiger partial charge >= 0.3 is 6.01 Å². The van der Waals surface area contributed by atoms with Crippen LogP contribution in [0.25, 0.3) is 0 Å². The van der Waals surface area contributed by atoms with E-state index in [4.69, 9.17) is 14.9 Å². The molecule has 0 radical (unpaired) electrons. The summed E-state index contributed by atoms with van der Waals surface area (Å²) in [4.78, 5) is 1.77. The molecule has 0 spiro atoms. The largest absolute Gasteiger partial charge is 0.497 e. The summed E-state index contributed by atoms with van der Waals surface area (Å²) in [6, 6.07) is 7.97. The van der Waals surface area contributed by atoms with Gasteiger partial charge in [-0.2, -0.15) is 0 Å². The smallest absolute Gasteiger partial charge is 0.322 e. The van der Waals surface area contributed by atoms with Crippen LogP contribution in [-0.2, 0) is 6.54 Å². The number of nitrogens with zero attached hydrogens (tertiary/aromatic N) is 3. The van der Waals surface area contributed by atoms with Gasteiger partial charge in [0.25, 0.3) is 0 Å². The van der Waals surface area contributed by atoms with Crippen LogP contribution in [0.15, 0.2) is 28.7 Å². The number of hydrogen-bond donors (Lipinski definition) is 1. The minimum atomic E-state index is 0.235. The third kappa shape index (κ3) is 2.36. The zero-order valence-corrected chi connectivity index (χ0v) is 9.75. The number of hydrogen-bond acceptors (Lipinski definition) is 6. The van der Waals surface area contributed by atoms with Gasteiger partial charge in [-0.25, -0.2) is 0 Å². The van der Waals surface area contributed by atoms with Gasteiger partial charge in [0.2, 0.25) is 5.89 Å². The summed E-state index contributed by atoms with van der Waals surface area (Å²) in [7, 11) is 3.46. The molecule has 17 heavy (non-hydrogen) atoms. The van der Waals surface area contributed by atoms with Crippen molar-refractivity contribution in [2.24, 2.45) is 5.73 Å². The van der Waals surface area contributed by atoms with Crippen LogP contribution in [0.2, 0.25) is 0 Å². The number of nitrogens with two attached hydrogens (primary N) is 1. The lowest BCUT2D eigenvalue weighted by molar-refractivity contribution is 0.415. The molecule has 0 saturated carbocycles. The van der Waals surface area contributed by atoms with E-state index in [1.165, 1.54) is 0 Å². The highest BCUT2D eigenvalue weighted by Gasteiger charge is 2.12. The molecule has 6 nitrogen and oxygen atoms in total. The Balaban J connectivity index is 2.26. The first-order valence-electron chi connectivity index (χ1n) is 5.15. The lowest BCUT2D eigenvalue weighted by atomic mass is 10.3. The highest BCUT2D eigenvalue weighted by Crippen LogP contribution is 2.25. The van der Waals surface area contributed by atoms with Crippen molar-refractivity contribution in [1.82, 2.24) is 10.2 Å². The standard InChI is InChI=1S/C11H14N4O2/c1-15(11-14-13-10(7-12)17-11)8-4-3-5-9(6-8)16-2/h3-6H,7,12H2,1-2H3. The third-order valence-electron chi connectivity index (χ3n) is 2.36. The molecule has 0 aliphatic carbocycles. The van der Waals surface area contributed by atoms with Crippen LogP contribution in [0.5, 0.6) is 5.75 Å². The van der Waals surface area contributed by atoms with Crippen LogP contribution in [0.3, 0.4) is 0 Å². The van der Waals surface area contributed by atoms with Crippen molar-refractivity contribution in [3.05, 3.63) is 30.2 Å². The molecule has 0 saturated heterocycles. The maximum atomic E-state index is 5.41. The Bertz CT molecular complexity index is 498. The van der Waals surface area contributed by atoms with E-state index in [1.807, 2.05) is 31.3 Å². The average Bonchev–Trinajstić information content (AvgIpc) is 2.86. The van der Waals surface area contributed by atoms with Crippen molar-refractivity contribution < 1.29 is 9.15 Å². The van der Waals surface area contributed by atoms with E-state index in [9.17, 15) is 0 Å². The maximum Gasteiger partial charge on any atom is 0.322 e. The Labute approximate surface area is 99.0 Å². The van der Waals surface area contributed by atoms with Gasteiger partial charge in [0.15, 0.2) is 0 Å². The topological polar surface area (TPSA) is 77.4 Å². The zero-order valence-electron chi connectivity index (χ0n) is 9.75. The lowest BCUT2D eigenvalue weighted by Crippen LogP contribution is -2.09.